The largest absolute Gasteiger partial charge is 0.514 e. The number of anilines is 1. The normalized spacial score (nSPS) is 14.3. The van der Waals surface area contributed by atoms with Crippen molar-refractivity contribution in [3.05, 3.63) is 49.1 Å². The van der Waals surface area contributed by atoms with Crippen LogP contribution in [0.3, 0.4) is 0 Å². The van der Waals surface area contributed by atoms with E-state index in [9.17, 15) is 0 Å². The monoisotopic (exact) mass is 470 g/mol. The molecular weight excluding hydrogens is 454 g/mol. The predicted octanol–water partition coefficient (Wildman–Crippen LogP) is 3.98. The molecule has 0 aliphatic carbocycles. The molecule has 2 aromatic carbocycles. The molecule has 2 heterocycles. The van der Waals surface area contributed by atoms with Gasteiger partial charge in [0.15, 0.2) is 0 Å². The average molecular weight is 470 g/mol. The van der Waals surface area contributed by atoms with Crippen LogP contribution in [0.2, 0.25) is 0 Å². The van der Waals surface area contributed by atoms with Crippen LogP contribution in [0.4, 0.5) is 5.69 Å². The second-order valence-electron chi connectivity index (χ2n) is 5.40. The average Bonchev–Trinajstić information content (AvgIpc) is 3.11. The van der Waals surface area contributed by atoms with Crippen molar-refractivity contribution in [3.63, 3.8) is 0 Å². The summed E-state index contributed by atoms with van der Waals surface area (Å²) >= 11 is 0. The topological polar surface area (TPSA) is 32.0 Å². The molecule has 0 N–H and O–H groups in total. The minimum Gasteiger partial charge on any atom is -0.514 e. The van der Waals surface area contributed by atoms with E-state index in [1.807, 2.05) is 48.3 Å². The number of hydrazone groups is 1. The molecule has 1 aliphatic heterocycles. The number of hydrogen-bond donors (Lipinski definition) is 0. The molecule has 1 aromatic heterocycles. The van der Waals surface area contributed by atoms with Gasteiger partial charge >= 0.3 is 0 Å². The zero-order valence-corrected chi connectivity index (χ0v) is 14.7. The molecule has 0 bridgehead atoms. The number of para-hydroxylation sites is 1. The fourth-order valence-corrected chi connectivity index (χ4v) is 2.53. The van der Waals surface area contributed by atoms with Crippen LogP contribution in [0.25, 0.3) is 21.9 Å². The molecule has 0 unspecified atom stereocenters. The molecule has 0 atom stereocenters. The summed E-state index contributed by atoms with van der Waals surface area (Å²) in [6.45, 7) is 6.21. The van der Waals surface area contributed by atoms with Crippen molar-refractivity contribution < 1.29 is 24.5 Å². The summed E-state index contributed by atoms with van der Waals surface area (Å²) in [5.41, 5.74) is 2.54. The Kier molecular flexibility index (Phi) is 3.94. The van der Waals surface area contributed by atoms with Crippen LogP contribution in [0.1, 0.15) is 13.8 Å². The molecule has 1 radical (unpaired) electrons. The van der Waals surface area contributed by atoms with Gasteiger partial charge in [-0.2, -0.15) is 23.3 Å². The van der Waals surface area contributed by atoms with Gasteiger partial charge in [0.2, 0.25) is 0 Å². The number of hydrogen-bond acceptors (Lipinski definition) is 4. The fraction of sp³-hybridized carbons (Fsp3) is 0.176. The van der Waals surface area contributed by atoms with E-state index in [4.69, 9.17) is 4.42 Å². The first-order chi connectivity index (χ1) is 10.2. The van der Waals surface area contributed by atoms with Crippen molar-refractivity contribution in [2.24, 2.45) is 5.10 Å². The molecule has 4 rings (SSSR count). The first-order valence-electron chi connectivity index (χ1n) is 7.02. The van der Waals surface area contributed by atoms with Gasteiger partial charge in [0.25, 0.3) is 0 Å². The second kappa shape index (κ2) is 5.75. The summed E-state index contributed by atoms with van der Waals surface area (Å²) in [7, 11) is 0. The summed E-state index contributed by atoms with van der Waals surface area (Å²) in [5.74, 6) is 0. The van der Waals surface area contributed by atoms with Crippen LogP contribution in [0.15, 0.2) is 45.9 Å². The molecule has 0 amide bonds. The van der Waals surface area contributed by atoms with E-state index < -0.39 is 0 Å². The third kappa shape index (κ3) is 2.31. The maximum absolute atomic E-state index is 6.01. The van der Waals surface area contributed by atoms with Crippen LogP contribution in [0.5, 0.6) is 0 Å². The number of benzene rings is 2. The van der Waals surface area contributed by atoms with Crippen LogP contribution in [0, 0.1) is 12.7 Å². The molecule has 0 spiro atoms. The Hall–Kier alpha value is -1.84. The Morgan fingerprint density at radius 2 is 2.00 bits per heavy atom. The second-order valence-corrected chi connectivity index (χ2v) is 5.40. The molecule has 0 saturated carbocycles. The Morgan fingerprint density at radius 1 is 1.18 bits per heavy atom. The van der Waals surface area contributed by atoms with E-state index in [1.165, 1.54) is 0 Å². The Labute approximate surface area is 142 Å². The Bertz CT molecular complexity index is 840. The van der Waals surface area contributed by atoms with E-state index in [-0.39, 0.29) is 20.1 Å². The molecule has 4 nitrogen and oxygen atoms in total. The predicted molar refractivity (Wildman–Crippen MR) is 84.8 cm³/mol. The zero-order valence-electron chi connectivity index (χ0n) is 12.3. The van der Waals surface area contributed by atoms with Crippen molar-refractivity contribution >= 4 is 34.0 Å². The molecule has 22 heavy (non-hydrogen) atoms. The van der Waals surface area contributed by atoms with Crippen LogP contribution < -0.4 is 5.01 Å². The fourth-order valence-electron chi connectivity index (χ4n) is 2.53. The molecule has 5 heteroatoms. The van der Waals surface area contributed by atoms with Crippen molar-refractivity contribution in [2.45, 2.75) is 19.9 Å². The Morgan fingerprint density at radius 3 is 2.77 bits per heavy atom. The number of nitrogens with zero attached hydrogens (tertiary/aromatic N) is 3. The molecule has 115 valence electrons. The SMILES string of the molecule is CC(C)N1C=NN(c2[c-]ccc3c2oc2ccccc23)[CH-]1.[Ir]. The first-order valence-corrected chi connectivity index (χ1v) is 7.02. The van der Waals surface area contributed by atoms with Crippen LogP contribution in [-0.4, -0.2) is 17.3 Å². The maximum atomic E-state index is 6.01. The molecule has 1 aliphatic rings. The van der Waals surface area contributed by atoms with Gasteiger partial charge in [-0.25, -0.2) is 0 Å². The summed E-state index contributed by atoms with van der Waals surface area (Å²) in [6, 6.07) is 15.6. The standard InChI is InChI=1S/C17H15N3O.Ir/c1-12(2)19-10-18-20(11-19)15-8-5-7-14-13-6-3-4-9-16(13)21-17(14)15;/h3-7,9-12H,1-2H3;/q-2;. The van der Waals surface area contributed by atoms with Gasteiger partial charge in [-0.3, -0.25) is 0 Å². The van der Waals surface area contributed by atoms with Gasteiger partial charge in [0, 0.05) is 31.1 Å². The molecule has 0 fully saturated rings. The van der Waals surface area contributed by atoms with E-state index in [2.05, 4.69) is 36.0 Å². The van der Waals surface area contributed by atoms with E-state index in [0.717, 1.165) is 27.6 Å². The van der Waals surface area contributed by atoms with Crippen molar-refractivity contribution in [1.82, 2.24) is 4.90 Å². The minimum atomic E-state index is 0. The smallest absolute Gasteiger partial charge is 0.116 e. The number of rotatable bonds is 2. The third-order valence-electron chi connectivity index (χ3n) is 3.70. The van der Waals surface area contributed by atoms with Gasteiger partial charge < -0.3 is 14.3 Å². The minimum absolute atomic E-state index is 0. The van der Waals surface area contributed by atoms with Gasteiger partial charge in [-0.1, -0.05) is 23.6 Å². The van der Waals surface area contributed by atoms with E-state index >= 15 is 0 Å². The van der Waals surface area contributed by atoms with Crippen molar-refractivity contribution in [3.8, 4) is 0 Å². The first kappa shape index (κ1) is 15.1. The van der Waals surface area contributed by atoms with Gasteiger partial charge in [0.1, 0.15) is 5.58 Å². The third-order valence-corrected chi connectivity index (χ3v) is 3.70. The van der Waals surface area contributed by atoms with Crippen LogP contribution in [-0.2, 0) is 20.1 Å². The quantitative estimate of drug-likeness (QED) is 0.533. The van der Waals surface area contributed by atoms with E-state index in [0.29, 0.717) is 6.04 Å². The Balaban J connectivity index is 0.00000144. The number of fused-ring (bicyclic) bond motifs is 3. The zero-order chi connectivity index (χ0) is 14.4. The van der Waals surface area contributed by atoms with Gasteiger partial charge in [-0.15, -0.1) is 6.67 Å². The van der Waals surface area contributed by atoms with Gasteiger partial charge in [0.05, 0.1) is 6.34 Å². The maximum Gasteiger partial charge on any atom is 0.116 e. The molecule has 0 saturated heterocycles. The number of furan rings is 1. The van der Waals surface area contributed by atoms with Gasteiger partial charge in [-0.05, 0) is 31.6 Å². The molecule has 3 aromatic rings. The summed E-state index contributed by atoms with van der Waals surface area (Å²) in [6.07, 6.45) is 1.82. The summed E-state index contributed by atoms with van der Waals surface area (Å²) in [5, 5.41) is 8.43. The molecular formula is C17H15IrN3O-2. The summed E-state index contributed by atoms with van der Waals surface area (Å²) < 4.78 is 6.01. The summed E-state index contributed by atoms with van der Waals surface area (Å²) in [4.78, 5) is 2.05. The van der Waals surface area contributed by atoms with E-state index in [1.54, 1.807) is 0 Å². The van der Waals surface area contributed by atoms with Crippen molar-refractivity contribution in [2.75, 3.05) is 5.01 Å². The van der Waals surface area contributed by atoms with Crippen LogP contribution >= 0.6 is 0 Å². The van der Waals surface area contributed by atoms with Crippen molar-refractivity contribution in [1.29, 1.82) is 0 Å².